The maximum absolute atomic E-state index is 12.3. The molecule has 0 saturated carbocycles. The molecule has 0 aliphatic carbocycles. The fourth-order valence-corrected chi connectivity index (χ4v) is 1.23. The first-order valence-corrected chi connectivity index (χ1v) is 4.52. The molecule has 1 rings (SSSR count). The Morgan fingerprint density at radius 1 is 1.27 bits per heavy atom. The SMILES string of the molecule is Cc1ccc(CC(NN)C(F)(F)F)cc1. The van der Waals surface area contributed by atoms with E-state index in [0.29, 0.717) is 5.56 Å². The van der Waals surface area contributed by atoms with Crippen LogP contribution in [0.15, 0.2) is 24.3 Å². The maximum Gasteiger partial charge on any atom is 0.405 e. The number of hydrazine groups is 1. The Bertz CT molecular complexity index is 305. The number of rotatable bonds is 3. The lowest BCUT2D eigenvalue weighted by atomic mass is 10.0. The maximum atomic E-state index is 12.3. The largest absolute Gasteiger partial charge is 0.405 e. The second-order valence-corrected chi connectivity index (χ2v) is 3.45. The second-order valence-electron chi connectivity index (χ2n) is 3.45. The lowest BCUT2D eigenvalue weighted by molar-refractivity contribution is -0.155. The third-order valence-corrected chi connectivity index (χ3v) is 2.16. The first kappa shape index (κ1) is 12.0. The van der Waals surface area contributed by atoms with Crippen molar-refractivity contribution >= 4 is 0 Å². The fourth-order valence-electron chi connectivity index (χ4n) is 1.23. The van der Waals surface area contributed by atoms with Gasteiger partial charge in [0.15, 0.2) is 0 Å². The quantitative estimate of drug-likeness (QED) is 0.601. The summed E-state index contributed by atoms with van der Waals surface area (Å²) in [5.74, 6) is 4.87. The average Bonchev–Trinajstić information content (AvgIpc) is 2.15. The smallest absolute Gasteiger partial charge is 0.271 e. The molecule has 0 spiro atoms. The Kier molecular flexibility index (Phi) is 3.71. The van der Waals surface area contributed by atoms with Crippen molar-refractivity contribution in [3.8, 4) is 0 Å². The van der Waals surface area contributed by atoms with Crippen molar-refractivity contribution in [2.75, 3.05) is 0 Å². The van der Waals surface area contributed by atoms with Gasteiger partial charge in [0, 0.05) is 0 Å². The van der Waals surface area contributed by atoms with Gasteiger partial charge in [-0.25, -0.2) is 5.43 Å². The van der Waals surface area contributed by atoms with E-state index >= 15 is 0 Å². The van der Waals surface area contributed by atoms with E-state index in [1.54, 1.807) is 29.7 Å². The van der Waals surface area contributed by atoms with Crippen molar-refractivity contribution in [3.05, 3.63) is 35.4 Å². The van der Waals surface area contributed by atoms with Gasteiger partial charge in [-0.3, -0.25) is 5.84 Å². The number of nitrogens with two attached hydrogens (primary N) is 1. The van der Waals surface area contributed by atoms with Gasteiger partial charge in [-0.2, -0.15) is 13.2 Å². The summed E-state index contributed by atoms with van der Waals surface area (Å²) in [7, 11) is 0. The Hall–Kier alpha value is -1.07. The summed E-state index contributed by atoms with van der Waals surface area (Å²) in [5, 5.41) is 0. The van der Waals surface area contributed by atoms with E-state index in [0.717, 1.165) is 5.56 Å². The van der Waals surface area contributed by atoms with Gasteiger partial charge in [0.05, 0.1) is 0 Å². The van der Waals surface area contributed by atoms with Crippen molar-refractivity contribution in [2.24, 2.45) is 5.84 Å². The van der Waals surface area contributed by atoms with Crippen LogP contribution in [0, 0.1) is 6.92 Å². The Morgan fingerprint density at radius 3 is 2.20 bits per heavy atom. The Morgan fingerprint density at radius 2 is 1.80 bits per heavy atom. The number of hydrogen-bond acceptors (Lipinski definition) is 2. The molecule has 5 heteroatoms. The van der Waals surface area contributed by atoms with E-state index < -0.39 is 12.2 Å². The summed E-state index contributed by atoms with van der Waals surface area (Å²) in [6, 6.07) is 5.20. The highest BCUT2D eigenvalue weighted by Crippen LogP contribution is 2.22. The van der Waals surface area contributed by atoms with Crippen LogP contribution in [0.25, 0.3) is 0 Å². The standard InChI is InChI=1S/C10H13F3N2/c1-7-2-4-8(5-3-7)6-9(15-14)10(11,12)13/h2-5,9,15H,6,14H2,1H3. The van der Waals surface area contributed by atoms with Gasteiger partial charge in [0.1, 0.15) is 6.04 Å². The van der Waals surface area contributed by atoms with Crippen LogP contribution >= 0.6 is 0 Å². The normalized spacial score (nSPS) is 13.9. The molecule has 1 unspecified atom stereocenters. The summed E-state index contributed by atoms with van der Waals surface area (Å²) in [6.07, 6.45) is -4.47. The van der Waals surface area contributed by atoms with Gasteiger partial charge in [-0.05, 0) is 18.9 Å². The van der Waals surface area contributed by atoms with Crippen molar-refractivity contribution < 1.29 is 13.2 Å². The molecule has 0 aliphatic heterocycles. The van der Waals surface area contributed by atoms with Crippen molar-refractivity contribution in [3.63, 3.8) is 0 Å². The van der Waals surface area contributed by atoms with E-state index in [4.69, 9.17) is 5.84 Å². The fraction of sp³-hybridized carbons (Fsp3) is 0.400. The van der Waals surface area contributed by atoms with E-state index in [1.807, 2.05) is 6.92 Å². The summed E-state index contributed by atoms with van der Waals surface area (Å²) < 4.78 is 37.0. The van der Waals surface area contributed by atoms with Crippen LogP contribution in [0.1, 0.15) is 11.1 Å². The first-order valence-electron chi connectivity index (χ1n) is 4.52. The van der Waals surface area contributed by atoms with Crippen LogP contribution < -0.4 is 11.3 Å². The predicted molar refractivity (Wildman–Crippen MR) is 52.0 cm³/mol. The first-order chi connectivity index (χ1) is 6.93. The molecular formula is C10H13F3N2. The lowest BCUT2D eigenvalue weighted by Crippen LogP contribution is -2.47. The van der Waals surface area contributed by atoms with Crippen LogP contribution in [0.2, 0.25) is 0 Å². The number of hydrogen-bond donors (Lipinski definition) is 2. The monoisotopic (exact) mass is 218 g/mol. The molecule has 0 bridgehead atoms. The lowest BCUT2D eigenvalue weighted by Gasteiger charge is -2.19. The third kappa shape index (κ3) is 3.53. The van der Waals surface area contributed by atoms with E-state index in [-0.39, 0.29) is 6.42 Å². The highest BCUT2D eigenvalue weighted by Gasteiger charge is 2.38. The van der Waals surface area contributed by atoms with Gasteiger partial charge >= 0.3 is 6.18 Å². The van der Waals surface area contributed by atoms with Gasteiger partial charge in [0.25, 0.3) is 0 Å². The highest BCUT2D eigenvalue weighted by molar-refractivity contribution is 5.22. The molecule has 0 fully saturated rings. The second kappa shape index (κ2) is 4.63. The molecule has 1 aromatic rings. The van der Waals surface area contributed by atoms with Crippen molar-refractivity contribution in [2.45, 2.75) is 25.6 Å². The van der Waals surface area contributed by atoms with Crippen LogP contribution in [0.4, 0.5) is 13.2 Å². The molecule has 2 nitrogen and oxygen atoms in total. The summed E-state index contributed by atoms with van der Waals surface area (Å²) in [4.78, 5) is 0. The van der Waals surface area contributed by atoms with Crippen LogP contribution in [0.3, 0.4) is 0 Å². The number of nitrogens with one attached hydrogen (secondary N) is 1. The molecule has 0 heterocycles. The molecule has 0 aliphatic rings. The number of aryl methyl sites for hydroxylation is 1. The summed E-state index contributed by atoms with van der Waals surface area (Å²) in [6.45, 7) is 1.88. The topological polar surface area (TPSA) is 38.0 Å². The Labute approximate surface area is 86.2 Å². The number of benzene rings is 1. The minimum Gasteiger partial charge on any atom is -0.271 e. The zero-order chi connectivity index (χ0) is 11.5. The molecule has 0 amide bonds. The minimum absolute atomic E-state index is 0.153. The molecule has 0 saturated heterocycles. The molecule has 1 atom stereocenters. The van der Waals surface area contributed by atoms with E-state index in [9.17, 15) is 13.2 Å². The molecule has 1 aromatic carbocycles. The highest BCUT2D eigenvalue weighted by atomic mass is 19.4. The van der Waals surface area contributed by atoms with Crippen LogP contribution in [0.5, 0.6) is 0 Å². The molecule has 84 valence electrons. The van der Waals surface area contributed by atoms with Gasteiger partial charge in [-0.1, -0.05) is 29.8 Å². The zero-order valence-electron chi connectivity index (χ0n) is 8.31. The van der Waals surface area contributed by atoms with E-state index in [2.05, 4.69) is 0 Å². The average molecular weight is 218 g/mol. The van der Waals surface area contributed by atoms with Gasteiger partial charge in [-0.15, -0.1) is 0 Å². The zero-order valence-corrected chi connectivity index (χ0v) is 8.31. The molecule has 0 aromatic heterocycles. The van der Waals surface area contributed by atoms with Crippen LogP contribution in [-0.2, 0) is 6.42 Å². The van der Waals surface area contributed by atoms with Crippen molar-refractivity contribution in [1.29, 1.82) is 0 Å². The third-order valence-electron chi connectivity index (χ3n) is 2.16. The van der Waals surface area contributed by atoms with Crippen molar-refractivity contribution in [1.82, 2.24) is 5.43 Å². The molecule has 0 radical (unpaired) electrons. The van der Waals surface area contributed by atoms with Gasteiger partial charge in [0.2, 0.25) is 0 Å². The van der Waals surface area contributed by atoms with E-state index in [1.165, 1.54) is 0 Å². The molecular weight excluding hydrogens is 205 g/mol. The molecule has 15 heavy (non-hydrogen) atoms. The summed E-state index contributed by atoms with van der Waals surface area (Å²) in [5.41, 5.74) is 3.41. The Balaban J connectivity index is 2.71. The minimum atomic E-state index is -4.32. The predicted octanol–water partition coefficient (Wildman–Crippen LogP) is 1.93. The van der Waals surface area contributed by atoms with Crippen LogP contribution in [-0.4, -0.2) is 12.2 Å². The number of halogens is 3. The molecule has 3 N–H and O–H groups in total. The number of alkyl halides is 3. The van der Waals surface area contributed by atoms with Gasteiger partial charge < -0.3 is 0 Å². The summed E-state index contributed by atoms with van der Waals surface area (Å²) >= 11 is 0.